The van der Waals surface area contributed by atoms with E-state index in [9.17, 15) is 13.6 Å². The van der Waals surface area contributed by atoms with Crippen molar-refractivity contribution in [1.29, 1.82) is 0 Å². The number of thioether (sulfide) groups is 1. The summed E-state index contributed by atoms with van der Waals surface area (Å²) in [6.45, 7) is 10.7. The first-order valence-electron chi connectivity index (χ1n) is 7.18. The first-order valence-corrected chi connectivity index (χ1v) is 7.99. The van der Waals surface area contributed by atoms with Gasteiger partial charge in [-0.05, 0) is 25.2 Å². The van der Waals surface area contributed by atoms with Gasteiger partial charge in [0.1, 0.15) is 11.6 Å². The van der Waals surface area contributed by atoms with Gasteiger partial charge in [-0.2, -0.15) is 0 Å². The van der Waals surface area contributed by atoms with Crippen LogP contribution in [0.15, 0.2) is 34.3 Å². The van der Waals surface area contributed by atoms with Crippen LogP contribution in [0.3, 0.4) is 0 Å². The van der Waals surface area contributed by atoms with E-state index in [1.807, 2.05) is 13.8 Å². The van der Waals surface area contributed by atoms with Crippen LogP contribution in [0.2, 0.25) is 0 Å². The summed E-state index contributed by atoms with van der Waals surface area (Å²) in [7, 11) is 0. The Morgan fingerprint density at radius 3 is 2.43 bits per heavy atom. The number of ketones is 1. The monoisotopic (exact) mass is 341 g/mol. The van der Waals surface area contributed by atoms with Crippen LogP contribution in [0.5, 0.6) is 5.75 Å². The largest absolute Gasteiger partial charge is 0.457 e. The number of nitrogens with two attached hydrogens (primary N) is 1. The van der Waals surface area contributed by atoms with Crippen molar-refractivity contribution < 1.29 is 18.3 Å². The first kappa shape index (κ1) is 19.2. The second-order valence-electron chi connectivity index (χ2n) is 5.27. The molecule has 0 saturated heterocycles. The van der Waals surface area contributed by atoms with E-state index in [-0.39, 0.29) is 23.1 Å². The number of rotatable bonds is 7. The standard InChI is InChI=1S/C17H21F2NO2S/c1-6-10(4)16(17(11(5)21)23-9(2)3)22-15-8-12(18)14(20)7-13(15)19/h7-8,10H,2,6,20H2,1,3-5H3/b17-16+. The van der Waals surface area contributed by atoms with Crippen molar-refractivity contribution in [2.24, 2.45) is 5.92 Å². The maximum Gasteiger partial charge on any atom is 0.169 e. The summed E-state index contributed by atoms with van der Waals surface area (Å²) >= 11 is 1.16. The molecule has 1 atom stereocenters. The Morgan fingerprint density at radius 1 is 1.35 bits per heavy atom. The van der Waals surface area contributed by atoms with Gasteiger partial charge < -0.3 is 10.5 Å². The van der Waals surface area contributed by atoms with Gasteiger partial charge in [-0.3, -0.25) is 4.79 Å². The molecule has 126 valence electrons. The second kappa shape index (κ2) is 8.15. The molecule has 0 radical (unpaired) electrons. The fraction of sp³-hybridized carbons (Fsp3) is 0.353. The second-order valence-corrected chi connectivity index (χ2v) is 6.58. The fourth-order valence-corrected chi connectivity index (χ4v) is 2.60. The number of carbonyl (C=O) groups excluding carboxylic acids is 1. The SMILES string of the molecule is C=C(C)S/C(C(C)=O)=C(/Oc1cc(F)c(N)cc1F)C(C)CC. The summed E-state index contributed by atoms with van der Waals surface area (Å²) in [5.74, 6) is -1.93. The molecule has 1 rings (SSSR count). The molecule has 23 heavy (non-hydrogen) atoms. The maximum absolute atomic E-state index is 14.0. The maximum atomic E-state index is 14.0. The number of anilines is 1. The third kappa shape index (κ3) is 5.10. The Balaban J connectivity index is 3.40. The lowest BCUT2D eigenvalue weighted by atomic mass is 10.1. The number of hydrogen-bond acceptors (Lipinski definition) is 4. The molecule has 3 nitrogen and oxygen atoms in total. The minimum atomic E-state index is -0.784. The molecule has 1 aromatic carbocycles. The molecule has 0 saturated carbocycles. The van der Waals surface area contributed by atoms with Crippen molar-refractivity contribution >= 4 is 23.2 Å². The van der Waals surface area contributed by atoms with E-state index in [4.69, 9.17) is 10.5 Å². The number of benzene rings is 1. The van der Waals surface area contributed by atoms with Crippen LogP contribution in [-0.2, 0) is 4.79 Å². The topological polar surface area (TPSA) is 52.3 Å². The van der Waals surface area contributed by atoms with Crippen molar-refractivity contribution in [3.63, 3.8) is 0 Å². The molecule has 0 amide bonds. The Hall–Kier alpha value is -1.82. The molecule has 2 N–H and O–H groups in total. The number of ether oxygens (including phenoxy) is 1. The van der Waals surface area contributed by atoms with E-state index >= 15 is 0 Å². The number of nitrogen functional groups attached to an aromatic ring is 1. The Morgan fingerprint density at radius 2 is 1.96 bits per heavy atom. The molecular weight excluding hydrogens is 320 g/mol. The lowest BCUT2D eigenvalue weighted by Crippen LogP contribution is -2.13. The minimum absolute atomic E-state index is 0.152. The van der Waals surface area contributed by atoms with E-state index in [0.717, 1.165) is 23.9 Å². The molecule has 0 heterocycles. The third-order valence-electron chi connectivity index (χ3n) is 3.15. The fourth-order valence-electron chi connectivity index (χ4n) is 1.77. The molecule has 0 bridgehead atoms. The molecule has 0 aliphatic rings. The molecule has 0 aromatic heterocycles. The van der Waals surface area contributed by atoms with Gasteiger partial charge in [0.05, 0.1) is 10.6 Å². The van der Waals surface area contributed by atoms with Gasteiger partial charge in [0.15, 0.2) is 17.3 Å². The van der Waals surface area contributed by atoms with Crippen molar-refractivity contribution in [2.75, 3.05) is 5.73 Å². The van der Waals surface area contributed by atoms with Crippen molar-refractivity contribution in [2.45, 2.75) is 34.1 Å². The number of Topliss-reactive ketones (excluding diaryl/α,β-unsaturated/α-hetero) is 1. The van der Waals surface area contributed by atoms with Gasteiger partial charge in [-0.1, -0.05) is 32.2 Å². The van der Waals surface area contributed by atoms with E-state index < -0.39 is 11.6 Å². The van der Waals surface area contributed by atoms with E-state index in [2.05, 4.69) is 6.58 Å². The van der Waals surface area contributed by atoms with E-state index in [1.165, 1.54) is 6.92 Å². The Kier molecular flexibility index (Phi) is 6.81. The van der Waals surface area contributed by atoms with Crippen LogP contribution in [-0.4, -0.2) is 5.78 Å². The predicted octanol–water partition coefficient (Wildman–Crippen LogP) is 5.04. The Labute approximate surface area is 139 Å². The minimum Gasteiger partial charge on any atom is -0.457 e. The van der Waals surface area contributed by atoms with E-state index in [0.29, 0.717) is 22.0 Å². The zero-order chi connectivity index (χ0) is 17.7. The quantitative estimate of drug-likeness (QED) is 0.429. The smallest absolute Gasteiger partial charge is 0.169 e. The summed E-state index contributed by atoms with van der Waals surface area (Å²) in [5.41, 5.74) is 5.03. The lowest BCUT2D eigenvalue weighted by molar-refractivity contribution is -0.113. The zero-order valence-corrected chi connectivity index (χ0v) is 14.5. The number of hydrogen-bond donors (Lipinski definition) is 1. The van der Waals surface area contributed by atoms with Crippen molar-refractivity contribution in [3.05, 3.63) is 45.9 Å². The Bertz CT molecular complexity index is 656. The van der Waals surface area contributed by atoms with Crippen LogP contribution >= 0.6 is 11.8 Å². The molecule has 0 aliphatic carbocycles. The predicted molar refractivity (Wildman–Crippen MR) is 91.0 cm³/mol. The summed E-state index contributed by atoms with van der Waals surface area (Å²) < 4.78 is 33.2. The lowest BCUT2D eigenvalue weighted by Gasteiger charge is -2.20. The normalized spacial score (nSPS) is 13.3. The van der Waals surface area contributed by atoms with Gasteiger partial charge in [0.2, 0.25) is 0 Å². The summed E-state index contributed by atoms with van der Waals surface area (Å²) in [4.78, 5) is 13.0. The van der Waals surface area contributed by atoms with Crippen LogP contribution < -0.4 is 10.5 Å². The molecular formula is C17H21F2NO2S. The number of carbonyl (C=O) groups is 1. The first-order chi connectivity index (χ1) is 10.7. The molecule has 1 unspecified atom stereocenters. The average molecular weight is 341 g/mol. The van der Waals surface area contributed by atoms with E-state index in [1.54, 1.807) is 6.92 Å². The highest BCUT2D eigenvalue weighted by molar-refractivity contribution is 8.07. The van der Waals surface area contributed by atoms with Gasteiger partial charge in [-0.15, -0.1) is 0 Å². The highest BCUT2D eigenvalue weighted by Crippen LogP contribution is 2.34. The third-order valence-corrected chi connectivity index (χ3v) is 4.19. The van der Waals surface area contributed by atoms with Gasteiger partial charge in [0, 0.05) is 18.1 Å². The number of halogens is 2. The van der Waals surface area contributed by atoms with Gasteiger partial charge >= 0.3 is 0 Å². The summed E-state index contributed by atoms with van der Waals surface area (Å²) in [5, 5.41) is 0. The van der Waals surface area contributed by atoms with Gasteiger partial charge in [0.25, 0.3) is 0 Å². The highest BCUT2D eigenvalue weighted by atomic mass is 32.2. The van der Waals surface area contributed by atoms with Crippen molar-refractivity contribution in [1.82, 2.24) is 0 Å². The van der Waals surface area contributed by atoms with Crippen LogP contribution in [0.1, 0.15) is 34.1 Å². The molecule has 0 spiro atoms. The molecule has 6 heteroatoms. The summed E-state index contributed by atoms with van der Waals surface area (Å²) in [6, 6.07) is 1.74. The number of allylic oxidation sites excluding steroid dienone is 3. The zero-order valence-electron chi connectivity index (χ0n) is 13.7. The average Bonchev–Trinajstić information content (AvgIpc) is 2.46. The molecule has 0 fully saturated rings. The van der Waals surface area contributed by atoms with Crippen LogP contribution in [0, 0.1) is 17.6 Å². The summed E-state index contributed by atoms with van der Waals surface area (Å²) in [6.07, 6.45) is 0.669. The van der Waals surface area contributed by atoms with Crippen LogP contribution in [0.25, 0.3) is 0 Å². The van der Waals surface area contributed by atoms with Crippen molar-refractivity contribution in [3.8, 4) is 5.75 Å². The van der Waals surface area contributed by atoms with Gasteiger partial charge in [-0.25, -0.2) is 8.78 Å². The highest BCUT2D eigenvalue weighted by Gasteiger charge is 2.22. The molecule has 0 aliphatic heterocycles. The molecule has 1 aromatic rings. The van der Waals surface area contributed by atoms with Crippen LogP contribution in [0.4, 0.5) is 14.5 Å².